The first kappa shape index (κ1) is 29.5. The summed E-state index contributed by atoms with van der Waals surface area (Å²) < 4.78 is 23.4. The number of esters is 1. The van der Waals surface area contributed by atoms with Crippen LogP contribution in [0.15, 0.2) is 51.2 Å². The van der Waals surface area contributed by atoms with E-state index in [9.17, 15) is 14.7 Å². The highest BCUT2D eigenvalue weighted by atomic mass is 127. The number of carbonyl (C=O) groups is 2. The molecule has 0 bridgehead atoms. The lowest BCUT2D eigenvalue weighted by atomic mass is 9.95. The molecule has 2 amide bonds. The van der Waals surface area contributed by atoms with Gasteiger partial charge in [0.05, 0.1) is 46.7 Å². The Morgan fingerprint density at radius 2 is 2.03 bits per heavy atom. The van der Waals surface area contributed by atoms with E-state index in [1.165, 1.54) is 7.11 Å². The molecule has 38 heavy (non-hydrogen) atoms. The summed E-state index contributed by atoms with van der Waals surface area (Å²) in [7, 11) is 2.88. The van der Waals surface area contributed by atoms with E-state index >= 15 is 0 Å². The SMILES string of the molecule is CCOc1cc([C@@H]2NC(=O)NC(C)=C2C(=O)OC)ccc1OC[C@H](O)N/N=C\c1cc(Br)c(OC)c(I)c1. The summed E-state index contributed by atoms with van der Waals surface area (Å²) in [5, 5.41) is 19.7. The molecule has 0 unspecified atom stereocenters. The Morgan fingerprint density at radius 3 is 2.68 bits per heavy atom. The van der Waals surface area contributed by atoms with Crippen molar-refractivity contribution in [3.8, 4) is 17.2 Å². The van der Waals surface area contributed by atoms with Gasteiger partial charge in [-0.1, -0.05) is 6.07 Å². The van der Waals surface area contributed by atoms with Gasteiger partial charge in [0.25, 0.3) is 0 Å². The molecule has 0 radical (unpaired) electrons. The average Bonchev–Trinajstić information content (AvgIpc) is 2.87. The molecule has 1 aliphatic heterocycles. The van der Waals surface area contributed by atoms with Crippen LogP contribution in [0.2, 0.25) is 0 Å². The molecule has 2 atom stereocenters. The zero-order valence-electron chi connectivity index (χ0n) is 21.1. The Hall–Kier alpha value is -3.04. The number of ether oxygens (including phenoxy) is 4. The fourth-order valence-corrected chi connectivity index (χ4v) is 5.55. The van der Waals surface area contributed by atoms with Gasteiger partial charge in [0.15, 0.2) is 17.7 Å². The molecule has 0 saturated carbocycles. The molecule has 3 rings (SSSR count). The van der Waals surface area contributed by atoms with Crippen LogP contribution in [0.25, 0.3) is 0 Å². The molecule has 0 aromatic heterocycles. The first-order valence-corrected chi connectivity index (χ1v) is 13.3. The van der Waals surface area contributed by atoms with E-state index in [4.69, 9.17) is 18.9 Å². The van der Waals surface area contributed by atoms with Gasteiger partial charge in [-0.3, -0.25) is 5.43 Å². The Kier molecular flexibility index (Phi) is 10.6. The third-order valence-electron chi connectivity index (χ3n) is 5.33. The lowest BCUT2D eigenvalue weighted by molar-refractivity contribution is -0.136. The molecule has 11 nitrogen and oxygen atoms in total. The van der Waals surface area contributed by atoms with E-state index in [1.54, 1.807) is 38.4 Å². The Bertz CT molecular complexity index is 1230. The molecule has 0 saturated heterocycles. The normalized spacial score (nSPS) is 16.0. The van der Waals surface area contributed by atoms with Crippen molar-refractivity contribution in [1.82, 2.24) is 16.1 Å². The summed E-state index contributed by atoms with van der Waals surface area (Å²) in [5.74, 6) is 0.919. The summed E-state index contributed by atoms with van der Waals surface area (Å²) in [6.07, 6.45) is 0.457. The van der Waals surface area contributed by atoms with E-state index < -0.39 is 24.3 Å². The maximum absolute atomic E-state index is 12.4. The van der Waals surface area contributed by atoms with Gasteiger partial charge < -0.3 is 34.7 Å². The first-order valence-electron chi connectivity index (χ1n) is 11.4. The third-order valence-corrected chi connectivity index (χ3v) is 6.72. The van der Waals surface area contributed by atoms with Gasteiger partial charge >= 0.3 is 12.0 Å². The molecule has 0 fully saturated rings. The van der Waals surface area contributed by atoms with Gasteiger partial charge in [-0.25, -0.2) is 9.59 Å². The maximum atomic E-state index is 12.4. The quantitative estimate of drug-likeness (QED) is 0.0917. The Labute approximate surface area is 242 Å². The molecule has 0 aliphatic carbocycles. The second kappa shape index (κ2) is 13.7. The summed E-state index contributed by atoms with van der Waals surface area (Å²) in [4.78, 5) is 24.5. The summed E-state index contributed by atoms with van der Waals surface area (Å²) in [5.41, 5.74) is 4.69. The largest absolute Gasteiger partial charge is 0.494 e. The van der Waals surface area contributed by atoms with Crippen molar-refractivity contribution in [3.63, 3.8) is 0 Å². The molecule has 13 heteroatoms. The van der Waals surface area contributed by atoms with Crippen LogP contribution in [-0.4, -0.2) is 57.0 Å². The number of aliphatic hydroxyl groups is 1. The number of allylic oxidation sites excluding steroid dienone is 1. The Morgan fingerprint density at radius 1 is 1.26 bits per heavy atom. The molecular weight excluding hydrogens is 675 g/mol. The smallest absolute Gasteiger partial charge is 0.337 e. The van der Waals surface area contributed by atoms with E-state index in [0.717, 1.165) is 19.4 Å². The van der Waals surface area contributed by atoms with Crippen LogP contribution >= 0.6 is 38.5 Å². The number of benzene rings is 2. The van der Waals surface area contributed by atoms with Crippen molar-refractivity contribution < 1.29 is 33.6 Å². The average molecular weight is 703 g/mol. The van der Waals surface area contributed by atoms with Crippen LogP contribution in [-0.2, 0) is 9.53 Å². The zero-order valence-corrected chi connectivity index (χ0v) is 24.9. The zero-order chi connectivity index (χ0) is 27.8. The highest BCUT2D eigenvalue weighted by molar-refractivity contribution is 14.1. The first-order chi connectivity index (χ1) is 18.2. The number of hydrazone groups is 1. The number of rotatable bonds is 11. The van der Waals surface area contributed by atoms with Crippen LogP contribution in [0.1, 0.15) is 31.0 Å². The fraction of sp³-hybridized carbons (Fsp3) is 0.320. The van der Waals surface area contributed by atoms with Gasteiger partial charge in [0, 0.05) is 5.70 Å². The van der Waals surface area contributed by atoms with Crippen molar-refractivity contribution in [1.29, 1.82) is 0 Å². The molecule has 1 heterocycles. The number of methoxy groups -OCH3 is 2. The van der Waals surface area contributed by atoms with Crippen LogP contribution in [0.3, 0.4) is 0 Å². The lowest BCUT2D eigenvalue weighted by Gasteiger charge is -2.28. The number of nitrogens with one attached hydrogen (secondary N) is 3. The summed E-state index contributed by atoms with van der Waals surface area (Å²) >= 11 is 5.62. The van der Waals surface area contributed by atoms with E-state index in [0.29, 0.717) is 29.4 Å². The highest BCUT2D eigenvalue weighted by Gasteiger charge is 2.32. The lowest BCUT2D eigenvalue weighted by Crippen LogP contribution is -2.45. The molecule has 2 aromatic rings. The van der Waals surface area contributed by atoms with Crippen LogP contribution in [0, 0.1) is 3.57 Å². The fourth-order valence-electron chi connectivity index (χ4n) is 3.67. The number of carbonyl (C=O) groups excluding carboxylic acids is 2. The number of hydrogen-bond acceptors (Lipinski definition) is 9. The standard InChI is InChI=1S/C25H28BrIN4O7/c1-5-37-19-10-15(22-21(24(33)36-4)13(2)29-25(34)30-22)6-7-18(19)38-12-20(32)31-28-11-14-8-16(26)23(35-3)17(27)9-14/h6-11,20,22,31-32H,5,12H2,1-4H3,(H2,29,30,34)/b28-11-/t20-,22-/m0/s1. The maximum Gasteiger partial charge on any atom is 0.337 e. The second-order valence-electron chi connectivity index (χ2n) is 7.93. The van der Waals surface area contributed by atoms with Crippen LogP contribution < -0.4 is 30.3 Å². The number of nitrogens with zero attached hydrogens (tertiary/aromatic N) is 1. The van der Waals surface area contributed by atoms with Gasteiger partial charge in [-0.2, -0.15) is 5.10 Å². The molecule has 0 spiro atoms. The van der Waals surface area contributed by atoms with Crippen LogP contribution in [0.4, 0.5) is 4.79 Å². The number of hydrogen-bond donors (Lipinski definition) is 4. The Balaban J connectivity index is 1.70. The predicted molar refractivity (Wildman–Crippen MR) is 152 cm³/mol. The monoisotopic (exact) mass is 702 g/mol. The topological polar surface area (TPSA) is 140 Å². The second-order valence-corrected chi connectivity index (χ2v) is 9.95. The van der Waals surface area contributed by atoms with E-state index in [1.807, 2.05) is 19.1 Å². The van der Waals surface area contributed by atoms with Gasteiger partial charge in [-0.15, -0.1) is 0 Å². The number of urea groups is 1. The van der Waals surface area contributed by atoms with E-state index in [2.05, 4.69) is 59.7 Å². The number of amides is 2. The minimum Gasteiger partial charge on any atom is -0.494 e. The van der Waals surface area contributed by atoms with Crippen molar-refractivity contribution >= 4 is 56.7 Å². The predicted octanol–water partition coefficient (Wildman–Crippen LogP) is 3.58. The molecule has 2 aromatic carbocycles. The minimum absolute atomic E-state index is 0.128. The summed E-state index contributed by atoms with van der Waals surface area (Å²) in [6, 6.07) is 7.57. The molecule has 204 valence electrons. The van der Waals surface area contributed by atoms with Gasteiger partial charge in [0.1, 0.15) is 12.4 Å². The van der Waals surface area contributed by atoms with Crippen molar-refractivity contribution in [2.75, 3.05) is 27.4 Å². The number of aliphatic hydroxyl groups excluding tert-OH is 1. The molecule has 1 aliphatic rings. The highest BCUT2D eigenvalue weighted by Crippen LogP contribution is 2.35. The van der Waals surface area contributed by atoms with Crippen LogP contribution in [0.5, 0.6) is 17.2 Å². The van der Waals surface area contributed by atoms with Crippen molar-refractivity contribution in [3.05, 3.63) is 60.8 Å². The van der Waals surface area contributed by atoms with Gasteiger partial charge in [-0.05, 0) is 87.8 Å². The van der Waals surface area contributed by atoms with Crippen molar-refractivity contribution in [2.24, 2.45) is 5.10 Å². The third kappa shape index (κ3) is 7.29. The van der Waals surface area contributed by atoms with Crippen molar-refractivity contribution in [2.45, 2.75) is 26.1 Å². The minimum atomic E-state index is -1.11. The summed E-state index contributed by atoms with van der Waals surface area (Å²) in [6.45, 7) is 3.66. The van der Waals surface area contributed by atoms with Gasteiger partial charge in [0.2, 0.25) is 0 Å². The number of halogens is 2. The molecular formula is C25H28BrIN4O7. The molecule has 4 N–H and O–H groups in total. The van der Waals surface area contributed by atoms with E-state index in [-0.39, 0.29) is 12.2 Å².